The van der Waals surface area contributed by atoms with Gasteiger partial charge in [0, 0.05) is 49.9 Å². The Morgan fingerprint density at radius 2 is 1.71 bits per heavy atom. The highest BCUT2D eigenvalue weighted by atomic mass is 16.7. The number of esters is 1. The molecule has 0 aliphatic carbocycles. The summed E-state index contributed by atoms with van der Waals surface area (Å²) in [4.78, 5) is 50.9. The van der Waals surface area contributed by atoms with Crippen LogP contribution in [-0.4, -0.2) is 119 Å². The molecule has 0 bridgehead atoms. The summed E-state index contributed by atoms with van der Waals surface area (Å²) in [7, 11) is 1.62. The van der Waals surface area contributed by atoms with Gasteiger partial charge in [-0.15, -0.1) is 4.91 Å². The summed E-state index contributed by atoms with van der Waals surface area (Å²) in [6, 6.07) is 11.2. The first-order valence-corrected chi connectivity index (χ1v) is 22.0. The van der Waals surface area contributed by atoms with Crippen molar-refractivity contribution in [2.75, 3.05) is 20.3 Å². The average molecular weight is 896 g/mol. The molecule has 2 aliphatic rings. The van der Waals surface area contributed by atoms with Gasteiger partial charge in [-0.3, -0.25) is 14.4 Å². The lowest BCUT2D eigenvalue weighted by molar-refractivity contribution is -0.188. The number of Topliss-reactive ketones (excluding diaryl/α,β-unsaturated/α-hetero) is 1. The number of amides is 1. The van der Waals surface area contributed by atoms with Crippen LogP contribution in [0.15, 0.2) is 52.4 Å². The van der Waals surface area contributed by atoms with Crippen molar-refractivity contribution in [1.82, 2.24) is 5.32 Å². The second-order valence-electron chi connectivity index (χ2n) is 16.9. The molecular weight excluding hydrogens is 819 g/mol. The van der Waals surface area contributed by atoms with E-state index in [-0.39, 0.29) is 42.8 Å². The van der Waals surface area contributed by atoms with Crippen molar-refractivity contribution in [1.29, 1.82) is 0 Å². The van der Waals surface area contributed by atoms with Gasteiger partial charge in [-0.25, -0.2) is 0 Å². The summed E-state index contributed by atoms with van der Waals surface area (Å²) in [5.74, 6) is -2.10. The van der Waals surface area contributed by atoms with Crippen LogP contribution >= 0.6 is 0 Å². The Morgan fingerprint density at radius 1 is 1.05 bits per heavy atom. The highest BCUT2D eigenvalue weighted by Gasteiger charge is 2.45. The molecule has 63 heavy (non-hydrogen) atoms. The fraction of sp³-hybridized carbons (Fsp3) is 0.717. The van der Waals surface area contributed by atoms with E-state index >= 15 is 0 Å². The van der Waals surface area contributed by atoms with Gasteiger partial charge in [0.25, 0.3) is 0 Å². The number of hydrogen-bond acceptors (Lipinski definition) is 16. The van der Waals surface area contributed by atoms with Gasteiger partial charge in [0.2, 0.25) is 5.91 Å². The first kappa shape index (κ1) is 57.2. The molecule has 0 saturated carbocycles. The number of benzene rings is 1. The van der Waals surface area contributed by atoms with Gasteiger partial charge < -0.3 is 59.7 Å². The maximum atomic E-state index is 12.7. The summed E-state index contributed by atoms with van der Waals surface area (Å²) in [5.41, 5.74) is 5.75. The zero-order chi connectivity index (χ0) is 48.1. The van der Waals surface area contributed by atoms with Crippen molar-refractivity contribution < 1.29 is 63.0 Å². The van der Waals surface area contributed by atoms with E-state index < -0.39 is 72.2 Å². The summed E-state index contributed by atoms with van der Waals surface area (Å²) in [6.07, 6.45) is -1.39. The molecule has 1 aromatic carbocycles. The van der Waals surface area contributed by atoms with Crippen LogP contribution in [-0.2, 0) is 44.6 Å². The lowest BCUT2D eigenvalue weighted by Gasteiger charge is -2.33. The van der Waals surface area contributed by atoms with Crippen LogP contribution in [0.5, 0.6) is 0 Å². The molecule has 7 N–H and O–H groups in total. The Morgan fingerprint density at radius 3 is 2.27 bits per heavy atom. The van der Waals surface area contributed by atoms with Gasteiger partial charge in [0.05, 0.1) is 54.2 Å². The van der Waals surface area contributed by atoms with E-state index in [1.807, 2.05) is 71.0 Å². The number of carbonyl (C=O) groups excluding carboxylic acids is 3. The number of carbonyl (C=O) groups is 3. The molecule has 0 radical (unpaired) electrons. The number of nitrogens with one attached hydrogen (secondary N) is 1. The lowest BCUT2D eigenvalue weighted by atomic mass is 9.80. The van der Waals surface area contributed by atoms with E-state index in [2.05, 4.69) is 15.5 Å². The summed E-state index contributed by atoms with van der Waals surface area (Å²) >= 11 is 0. The maximum Gasteiger partial charge on any atom is 0.311 e. The minimum absolute atomic E-state index is 0.0455. The highest BCUT2D eigenvalue weighted by molar-refractivity contribution is 5.83. The molecule has 0 spiro atoms. The van der Waals surface area contributed by atoms with Crippen molar-refractivity contribution in [3.8, 4) is 11.3 Å². The minimum atomic E-state index is -1.41. The zero-order valence-corrected chi connectivity index (χ0v) is 39.4. The predicted octanol–water partition coefficient (Wildman–Crippen LogP) is 5.41. The number of aliphatic hydroxyl groups is 4. The number of furan rings is 1. The van der Waals surface area contributed by atoms with E-state index in [9.17, 15) is 34.6 Å². The van der Waals surface area contributed by atoms with Gasteiger partial charge in [-0.1, -0.05) is 45.9 Å². The Balaban J connectivity index is 0.000000546. The number of nitrogens with two attached hydrogens (primary N) is 1. The number of aliphatic hydroxyl groups excluding tert-OH is 3. The third-order valence-corrected chi connectivity index (χ3v) is 11.4. The quantitative estimate of drug-likeness (QED) is 0.0884. The Hall–Kier alpha value is -3.81. The van der Waals surface area contributed by atoms with Crippen molar-refractivity contribution in [3.05, 3.63) is 53.1 Å². The molecule has 360 valence electrons. The highest BCUT2D eigenvalue weighted by Crippen LogP contribution is 2.36. The molecule has 4 rings (SSSR count). The number of nitrogens with zero attached hydrogens (tertiary/aromatic N) is 1. The summed E-state index contributed by atoms with van der Waals surface area (Å²) in [6.45, 7) is 19.8. The molecule has 13 atom stereocenters. The Kier molecular flexibility index (Phi) is 25.6. The standard InChI is InChI=1S/C24H42O9.C14H15NO2.C6H14N2O3.C2H6/c1-13-10-23(5,29)9-8-18(33-19-11-24(6,30-7)16(4)32-19)14(2)22(28)31-12-17(25)21(27)15(3)20(13)26;1-2-15-14(16)10-11-5-3-6-12(9-11)13-7-4-8-17-13;1-4(11-8-10)3-6(7)5(2)9;1-2/h13-19,21,25,27,29H,8-12H2,1-7H3;3-9H,2,10H2,1H3,(H,15,16);4-6,9H,3,7H2,1-2H3;1-2H3/t13-,14?,15?,16?,17?,18+,19?,21?,23+,24?;;;/m1.../s1. The largest absolute Gasteiger partial charge is 0.464 e. The first-order chi connectivity index (χ1) is 29.6. The number of likely N-dealkylation sites (N-methyl/N-ethyl adjacent to an activating group) is 1. The molecule has 2 saturated heterocycles. The lowest BCUT2D eigenvalue weighted by Crippen LogP contribution is -2.44. The SMILES string of the molecule is CC.CC(CC(N)C(C)O)ON=O.CCNC(=O)Cc1cccc(-c2ccco2)c1.COC1(C)CC(O[C@H]2CC[C@](C)(O)C[C@@H](C)C(=O)C(C)C(O)C(O)COC(=O)C2C)OC1C. The van der Waals surface area contributed by atoms with Crippen molar-refractivity contribution >= 4 is 17.7 Å². The van der Waals surface area contributed by atoms with Gasteiger partial charge in [-0.2, -0.15) is 0 Å². The maximum absolute atomic E-state index is 12.7. The van der Waals surface area contributed by atoms with Crippen molar-refractivity contribution in [2.45, 2.75) is 175 Å². The number of methoxy groups -OCH3 is 1. The number of hydrogen-bond donors (Lipinski definition) is 6. The molecule has 3 heterocycles. The number of ether oxygens (including phenoxy) is 4. The average Bonchev–Trinajstić information content (AvgIpc) is 3.89. The van der Waals surface area contributed by atoms with Gasteiger partial charge >= 0.3 is 5.97 Å². The Labute approximate surface area is 373 Å². The molecule has 2 fully saturated rings. The van der Waals surface area contributed by atoms with Gasteiger partial charge in [0.1, 0.15) is 30.4 Å². The van der Waals surface area contributed by atoms with Gasteiger partial charge in [-0.05, 0) is 91.5 Å². The molecular formula is C46H77N3O14. The van der Waals surface area contributed by atoms with E-state index in [0.29, 0.717) is 32.2 Å². The van der Waals surface area contributed by atoms with Crippen LogP contribution in [0.4, 0.5) is 0 Å². The second-order valence-corrected chi connectivity index (χ2v) is 16.9. The number of cyclic esters (lactones) is 1. The van der Waals surface area contributed by atoms with Crippen LogP contribution in [0.3, 0.4) is 0 Å². The molecule has 1 amide bonds. The van der Waals surface area contributed by atoms with E-state index in [1.165, 1.54) is 6.92 Å². The molecule has 10 unspecified atom stereocenters. The van der Waals surface area contributed by atoms with Crippen LogP contribution < -0.4 is 11.1 Å². The van der Waals surface area contributed by atoms with Crippen LogP contribution in [0.25, 0.3) is 11.3 Å². The molecule has 17 heteroatoms. The topological polar surface area (TPSA) is 259 Å². The smallest absolute Gasteiger partial charge is 0.311 e. The van der Waals surface area contributed by atoms with E-state index in [4.69, 9.17) is 34.2 Å². The zero-order valence-electron chi connectivity index (χ0n) is 39.4. The third-order valence-electron chi connectivity index (χ3n) is 11.4. The fourth-order valence-electron chi connectivity index (χ4n) is 7.11. The van der Waals surface area contributed by atoms with Crippen LogP contribution in [0, 0.1) is 22.7 Å². The minimum Gasteiger partial charge on any atom is -0.464 e. The molecule has 17 nitrogen and oxygen atoms in total. The normalized spacial score (nSPS) is 30.5. The van der Waals surface area contributed by atoms with Crippen molar-refractivity contribution in [3.63, 3.8) is 0 Å². The summed E-state index contributed by atoms with van der Waals surface area (Å²) in [5, 5.41) is 45.7. The molecule has 1 aromatic heterocycles. The fourth-order valence-corrected chi connectivity index (χ4v) is 7.11. The Bertz CT molecular complexity index is 1620. The van der Waals surface area contributed by atoms with E-state index in [0.717, 1.165) is 16.9 Å². The second kappa shape index (κ2) is 28.2. The predicted molar refractivity (Wildman–Crippen MR) is 238 cm³/mol. The monoisotopic (exact) mass is 896 g/mol. The third kappa shape index (κ3) is 19.5. The number of rotatable bonds is 12. The van der Waals surface area contributed by atoms with Crippen LogP contribution in [0.2, 0.25) is 0 Å². The van der Waals surface area contributed by atoms with Crippen molar-refractivity contribution in [2.24, 2.45) is 28.8 Å². The van der Waals surface area contributed by atoms with E-state index in [1.54, 1.807) is 48.0 Å². The first-order valence-electron chi connectivity index (χ1n) is 22.0. The molecule has 2 aliphatic heterocycles. The molecule has 2 aromatic rings. The van der Waals surface area contributed by atoms with Gasteiger partial charge in [0.15, 0.2) is 11.6 Å². The van der Waals surface area contributed by atoms with Crippen LogP contribution in [0.1, 0.15) is 114 Å². The number of ketones is 1. The summed E-state index contributed by atoms with van der Waals surface area (Å²) < 4.78 is 28.2.